The number of rotatable bonds is 3. The fourth-order valence-electron chi connectivity index (χ4n) is 2.74. The van der Waals surface area contributed by atoms with Crippen LogP contribution in [-0.2, 0) is 11.8 Å². The maximum atomic E-state index is 6.39. The Hall–Kier alpha value is -1.60. The molecule has 0 radical (unpaired) electrons. The SMILES string of the molecule is Cc1cc(C)cc(C(N)Cc2ccc(C(C)(C)C)cc2)c1. The van der Waals surface area contributed by atoms with E-state index in [1.807, 2.05) is 0 Å². The predicted molar refractivity (Wildman–Crippen MR) is 91.7 cm³/mol. The van der Waals surface area contributed by atoms with Crippen LogP contribution >= 0.6 is 0 Å². The highest BCUT2D eigenvalue weighted by Gasteiger charge is 2.14. The Kier molecular flexibility index (Phi) is 4.53. The minimum absolute atomic E-state index is 0.0593. The van der Waals surface area contributed by atoms with E-state index in [1.165, 1.54) is 27.8 Å². The predicted octanol–water partition coefficient (Wildman–Crippen LogP) is 4.84. The van der Waals surface area contributed by atoms with Crippen molar-refractivity contribution in [3.63, 3.8) is 0 Å². The van der Waals surface area contributed by atoms with Crippen LogP contribution < -0.4 is 5.73 Å². The third kappa shape index (κ3) is 4.18. The second-order valence-corrected chi connectivity index (χ2v) is 7.18. The summed E-state index contributed by atoms with van der Waals surface area (Å²) in [5.74, 6) is 0. The van der Waals surface area contributed by atoms with Crippen LogP contribution in [0.1, 0.15) is 54.6 Å². The fourth-order valence-corrected chi connectivity index (χ4v) is 2.74. The highest BCUT2D eigenvalue weighted by Crippen LogP contribution is 2.24. The minimum Gasteiger partial charge on any atom is -0.324 e. The molecule has 0 aliphatic heterocycles. The first-order chi connectivity index (χ1) is 9.75. The van der Waals surface area contributed by atoms with Crippen LogP contribution in [0, 0.1) is 13.8 Å². The minimum atomic E-state index is 0.0593. The molecule has 0 saturated carbocycles. The molecule has 0 spiro atoms. The molecule has 1 unspecified atom stereocenters. The summed E-state index contributed by atoms with van der Waals surface area (Å²) in [5, 5.41) is 0. The molecular formula is C20H27N. The Balaban J connectivity index is 2.14. The molecule has 0 bridgehead atoms. The summed E-state index contributed by atoms with van der Waals surface area (Å²) >= 11 is 0. The van der Waals surface area contributed by atoms with Gasteiger partial charge in [0.15, 0.2) is 0 Å². The van der Waals surface area contributed by atoms with Crippen molar-refractivity contribution in [3.8, 4) is 0 Å². The molecule has 1 nitrogen and oxygen atoms in total. The van der Waals surface area contributed by atoms with Gasteiger partial charge in [-0.3, -0.25) is 0 Å². The van der Waals surface area contributed by atoms with Crippen LogP contribution in [0.2, 0.25) is 0 Å². The van der Waals surface area contributed by atoms with Crippen molar-refractivity contribution in [2.75, 3.05) is 0 Å². The Bertz CT molecular complexity index is 582. The third-order valence-electron chi connectivity index (χ3n) is 3.95. The molecule has 0 fully saturated rings. The standard InChI is InChI=1S/C20H27N/c1-14-10-15(2)12-17(11-14)19(21)13-16-6-8-18(9-7-16)20(3,4)5/h6-12,19H,13,21H2,1-5H3. The maximum absolute atomic E-state index is 6.39. The zero-order valence-electron chi connectivity index (χ0n) is 13.9. The molecule has 0 aliphatic carbocycles. The molecule has 21 heavy (non-hydrogen) atoms. The smallest absolute Gasteiger partial charge is 0.0335 e. The summed E-state index contributed by atoms with van der Waals surface area (Å²) in [5.41, 5.74) is 13.0. The van der Waals surface area contributed by atoms with Gasteiger partial charge in [-0.25, -0.2) is 0 Å². The van der Waals surface area contributed by atoms with Gasteiger partial charge in [-0.05, 0) is 42.4 Å². The summed E-state index contributed by atoms with van der Waals surface area (Å²) in [6.45, 7) is 11.0. The van der Waals surface area contributed by atoms with E-state index in [0.717, 1.165) is 6.42 Å². The van der Waals surface area contributed by atoms with Crippen LogP contribution in [-0.4, -0.2) is 0 Å². The molecule has 112 valence electrons. The van der Waals surface area contributed by atoms with Gasteiger partial charge in [-0.2, -0.15) is 0 Å². The van der Waals surface area contributed by atoms with Crippen LogP contribution in [0.3, 0.4) is 0 Å². The summed E-state index contributed by atoms with van der Waals surface area (Å²) in [6, 6.07) is 15.5. The first-order valence-electron chi connectivity index (χ1n) is 7.69. The summed E-state index contributed by atoms with van der Waals surface area (Å²) < 4.78 is 0. The van der Waals surface area contributed by atoms with Crippen LogP contribution in [0.15, 0.2) is 42.5 Å². The molecule has 1 heteroatoms. The van der Waals surface area contributed by atoms with Gasteiger partial charge in [0.25, 0.3) is 0 Å². The molecule has 2 rings (SSSR count). The van der Waals surface area contributed by atoms with Crippen molar-refractivity contribution in [3.05, 3.63) is 70.3 Å². The molecular weight excluding hydrogens is 254 g/mol. The Morgan fingerprint density at radius 3 is 1.90 bits per heavy atom. The second kappa shape index (κ2) is 6.03. The molecule has 1 atom stereocenters. The molecule has 2 N–H and O–H groups in total. The first kappa shape index (κ1) is 15.8. The van der Waals surface area contributed by atoms with E-state index in [0.29, 0.717) is 0 Å². The van der Waals surface area contributed by atoms with Crippen LogP contribution in [0.5, 0.6) is 0 Å². The van der Waals surface area contributed by atoms with Gasteiger partial charge in [0.05, 0.1) is 0 Å². The van der Waals surface area contributed by atoms with Crippen molar-refractivity contribution in [1.82, 2.24) is 0 Å². The summed E-state index contributed by atoms with van der Waals surface area (Å²) in [4.78, 5) is 0. The average Bonchev–Trinajstić information content (AvgIpc) is 2.37. The van der Waals surface area contributed by atoms with E-state index in [2.05, 4.69) is 77.1 Å². The van der Waals surface area contributed by atoms with E-state index < -0.39 is 0 Å². The van der Waals surface area contributed by atoms with Crippen molar-refractivity contribution in [1.29, 1.82) is 0 Å². The lowest BCUT2D eigenvalue weighted by Gasteiger charge is -2.20. The van der Waals surface area contributed by atoms with E-state index >= 15 is 0 Å². The lowest BCUT2D eigenvalue weighted by atomic mass is 9.86. The van der Waals surface area contributed by atoms with Crippen molar-refractivity contribution < 1.29 is 0 Å². The molecule has 2 aromatic carbocycles. The molecule has 0 aliphatic rings. The normalized spacial score (nSPS) is 13.2. The van der Waals surface area contributed by atoms with Crippen molar-refractivity contribution in [2.45, 2.75) is 52.5 Å². The van der Waals surface area contributed by atoms with E-state index in [9.17, 15) is 0 Å². The second-order valence-electron chi connectivity index (χ2n) is 7.18. The number of aryl methyl sites for hydroxylation is 2. The molecule has 0 saturated heterocycles. The Morgan fingerprint density at radius 2 is 1.43 bits per heavy atom. The molecule has 0 aromatic heterocycles. The van der Waals surface area contributed by atoms with Gasteiger partial charge in [0.2, 0.25) is 0 Å². The largest absolute Gasteiger partial charge is 0.324 e. The highest BCUT2D eigenvalue weighted by molar-refractivity contribution is 5.33. The summed E-state index contributed by atoms with van der Waals surface area (Å²) in [7, 11) is 0. The number of hydrogen-bond donors (Lipinski definition) is 1. The average molecular weight is 281 g/mol. The quantitative estimate of drug-likeness (QED) is 0.855. The van der Waals surface area contributed by atoms with E-state index in [4.69, 9.17) is 5.73 Å². The third-order valence-corrected chi connectivity index (χ3v) is 3.95. The number of nitrogens with two attached hydrogens (primary N) is 1. The zero-order valence-corrected chi connectivity index (χ0v) is 13.9. The first-order valence-corrected chi connectivity index (χ1v) is 7.69. The topological polar surface area (TPSA) is 26.0 Å². The van der Waals surface area contributed by atoms with Gasteiger partial charge in [0.1, 0.15) is 0 Å². The van der Waals surface area contributed by atoms with Gasteiger partial charge in [-0.1, -0.05) is 74.4 Å². The lowest BCUT2D eigenvalue weighted by Crippen LogP contribution is -2.14. The van der Waals surface area contributed by atoms with Crippen molar-refractivity contribution >= 4 is 0 Å². The number of benzene rings is 2. The Labute approximate surface area is 129 Å². The monoisotopic (exact) mass is 281 g/mol. The lowest BCUT2D eigenvalue weighted by molar-refractivity contribution is 0.589. The Morgan fingerprint density at radius 1 is 0.905 bits per heavy atom. The number of hydrogen-bond acceptors (Lipinski definition) is 1. The molecule has 0 amide bonds. The molecule has 0 heterocycles. The summed E-state index contributed by atoms with van der Waals surface area (Å²) in [6.07, 6.45) is 0.882. The fraction of sp³-hybridized carbons (Fsp3) is 0.400. The highest BCUT2D eigenvalue weighted by atomic mass is 14.6. The van der Waals surface area contributed by atoms with E-state index in [1.54, 1.807) is 0 Å². The van der Waals surface area contributed by atoms with E-state index in [-0.39, 0.29) is 11.5 Å². The van der Waals surface area contributed by atoms with Gasteiger partial charge in [-0.15, -0.1) is 0 Å². The van der Waals surface area contributed by atoms with Gasteiger partial charge >= 0.3 is 0 Å². The maximum Gasteiger partial charge on any atom is 0.0335 e. The van der Waals surface area contributed by atoms with Crippen LogP contribution in [0.25, 0.3) is 0 Å². The zero-order chi connectivity index (χ0) is 15.6. The van der Waals surface area contributed by atoms with Crippen molar-refractivity contribution in [2.24, 2.45) is 5.73 Å². The molecule has 2 aromatic rings. The van der Waals surface area contributed by atoms with Gasteiger partial charge < -0.3 is 5.73 Å². The van der Waals surface area contributed by atoms with Gasteiger partial charge in [0, 0.05) is 6.04 Å². The van der Waals surface area contributed by atoms with Crippen LogP contribution in [0.4, 0.5) is 0 Å².